The van der Waals surface area contributed by atoms with Gasteiger partial charge in [0, 0.05) is 12.5 Å². The second-order valence-electron chi connectivity index (χ2n) is 7.56. The first-order valence-corrected chi connectivity index (χ1v) is 10.4. The van der Waals surface area contributed by atoms with Crippen LogP contribution in [-0.4, -0.2) is 36.2 Å². The fourth-order valence-electron chi connectivity index (χ4n) is 4.28. The summed E-state index contributed by atoms with van der Waals surface area (Å²) in [6.45, 7) is 7.88. The van der Waals surface area contributed by atoms with Gasteiger partial charge in [-0.15, -0.1) is 0 Å². The van der Waals surface area contributed by atoms with E-state index in [0.717, 1.165) is 30.9 Å². The van der Waals surface area contributed by atoms with Gasteiger partial charge in [-0.25, -0.2) is 0 Å². The van der Waals surface area contributed by atoms with Crippen molar-refractivity contribution in [3.05, 3.63) is 65.7 Å². The van der Waals surface area contributed by atoms with Crippen LogP contribution in [0.5, 0.6) is 5.75 Å². The summed E-state index contributed by atoms with van der Waals surface area (Å²) in [6.07, 6.45) is 4.52. The summed E-state index contributed by atoms with van der Waals surface area (Å²) >= 11 is 0. The van der Waals surface area contributed by atoms with E-state index in [1.165, 1.54) is 24.8 Å². The Bertz CT molecular complexity index is 679. The molecule has 0 aliphatic carbocycles. The van der Waals surface area contributed by atoms with Gasteiger partial charge in [0.15, 0.2) is 0 Å². The molecule has 1 N–H and O–H groups in total. The van der Waals surface area contributed by atoms with Gasteiger partial charge in [-0.05, 0) is 62.5 Å². The third-order valence-electron chi connectivity index (χ3n) is 5.87. The van der Waals surface area contributed by atoms with Crippen LogP contribution in [0.3, 0.4) is 0 Å². The largest absolute Gasteiger partial charge is 0.494 e. The average Bonchev–Trinajstić information content (AvgIpc) is 2.73. The highest BCUT2D eigenvalue weighted by molar-refractivity contribution is 5.35. The van der Waals surface area contributed by atoms with Crippen molar-refractivity contribution in [2.24, 2.45) is 0 Å². The molecule has 0 saturated carbocycles. The molecule has 0 aromatic heterocycles. The Balaban J connectivity index is 1.93. The lowest BCUT2D eigenvalue weighted by Crippen LogP contribution is -2.42. The number of hydrogen-bond acceptors (Lipinski definition) is 3. The smallest absolute Gasteiger partial charge is 0.119 e. The lowest BCUT2D eigenvalue weighted by Gasteiger charge is -2.40. The maximum atomic E-state index is 11.9. The number of ether oxygens (including phenoxy) is 1. The third-order valence-corrected chi connectivity index (χ3v) is 5.87. The maximum Gasteiger partial charge on any atom is 0.119 e. The highest BCUT2D eigenvalue weighted by Gasteiger charge is 2.39. The first-order valence-electron chi connectivity index (χ1n) is 10.4. The van der Waals surface area contributed by atoms with Crippen LogP contribution in [0.25, 0.3) is 0 Å². The van der Waals surface area contributed by atoms with Crippen molar-refractivity contribution in [3.63, 3.8) is 0 Å². The molecule has 0 spiro atoms. The van der Waals surface area contributed by atoms with Crippen LogP contribution in [0.1, 0.15) is 56.6 Å². The Morgan fingerprint density at radius 2 is 1.63 bits per heavy atom. The number of likely N-dealkylation sites (tertiary alicyclic amines) is 1. The second-order valence-corrected chi connectivity index (χ2v) is 7.56. The monoisotopic (exact) mass is 367 g/mol. The molecule has 0 amide bonds. The Morgan fingerprint density at radius 3 is 2.22 bits per heavy atom. The Morgan fingerprint density at radius 1 is 0.963 bits per heavy atom. The lowest BCUT2D eigenvalue weighted by atomic mass is 9.75. The predicted molar refractivity (Wildman–Crippen MR) is 111 cm³/mol. The normalized spacial score (nSPS) is 18.6. The lowest BCUT2D eigenvalue weighted by molar-refractivity contribution is -0.0105. The van der Waals surface area contributed by atoms with E-state index in [2.05, 4.69) is 36.1 Å². The molecule has 3 nitrogen and oxygen atoms in total. The van der Waals surface area contributed by atoms with Crippen LogP contribution in [-0.2, 0) is 5.60 Å². The van der Waals surface area contributed by atoms with Crippen molar-refractivity contribution in [2.75, 3.05) is 26.2 Å². The molecule has 1 heterocycles. The van der Waals surface area contributed by atoms with Crippen molar-refractivity contribution in [1.29, 1.82) is 0 Å². The number of aliphatic hydroxyl groups is 1. The van der Waals surface area contributed by atoms with Crippen LogP contribution in [0, 0.1) is 0 Å². The molecule has 2 unspecified atom stereocenters. The molecular formula is C24H33NO2. The fourth-order valence-corrected chi connectivity index (χ4v) is 4.28. The fraction of sp³-hybridized carbons (Fsp3) is 0.500. The van der Waals surface area contributed by atoms with Crippen molar-refractivity contribution in [1.82, 2.24) is 4.90 Å². The molecule has 1 aliphatic heterocycles. The van der Waals surface area contributed by atoms with Crippen molar-refractivity contribution >= 4 is 0 Å². The van der Waals surface area contributed by atoms with E-state index in [-0.39, 0.29) is 5.92 Å². The SMILES string of the molecule is CCOc1ccc(C(O)(CC)C(CN2CCCCC2)c2ccccc2)cc1. The molecule has 0 bridgehead atoms. The number of rotatable bonds is 8. The summed E-state index contributed by atoms with van der Waals surface area (Å²) in [5, 5.41) is 11.9. The minimum absolute atomic E-state index is 0.0414. The predicted octanol–water partition coefficient (Wildman–Crippen LogP) is 4.95. The van der Waals surface area contributed by atoms with Gasteiger partial charge in [-0.2, -0.15) is 0 Å². The van der Waals surface area contributed by atoms with Gasteiger partial charge < -0.3 is 14.7 Å². The molecular weight excluding hydrogens is 334 g/mol. The van der Waals surface area contributed by atoms with Crippen LogP contribution in [0.15, 0.2) is 54.6 Å². The summed E-state index contributed by atoms with van der Waals surface area (Å²) in [4.78, 5) is 2.52. The topological polar surface area (TPSA) is 32.7 Å². The molecule has 0 radical (unpaired) electrons. The van der Waals surface area contributed by atoms with E-state index in [1.807, 2.05) is 37.3 Å². The number of benzene rings is 2. The summed E-state index contributed by atoms with van der Waals surface area (Å²) in [5.41, 5.74) is 1.28. The second kappa shape index (κ2) is 9.38. The molecule has 3 rings (SSSR count). The van der Waals surface area contributed by atoms with Gasteiger partial charge in [0.1, 0.15) is 5.75 Å². The summed E-state index contributed by atoms with van der Waals surface area (Å²) in [6, 6.07) is 18.5. The highest BCUT2D eigenvalue weighted by atomic mass is 16.5. The van der Waals surface area contributed by atoms with Crippen LogP contribution in [0.2, 0.25) is 0 Å². The van der Waals surface area contributed by atoms with Gasteiger partial charge in [0.25, 0.3) is 0 Å². The van der Waals surface area contributed by atoms with Gasteiger partial charge in [-0.1, -0.05) is 55.8 Å². The molecule has 1 aliphatic rings. The standard InChI is InChI=1S/C24H33NO2/c1-3-24(26,21-13-15-22(16-14-21)27-4-2)23(20-11-7-5-8-12-20)19-25-17-9-6-10-18-25/h5,7-8,11-16,23,26H,3-4,6,9-10,17-19H2,1-2H3. The molecule has 27 heavy (non-hydrogen) atoms. The quantitative estimate of drug-likeness (QED) is 0.716. The van der Waals surface area contributed by atoms with E-state index >= 15 is 0 Å². The van der Waals surface area contributed by atoms with Crippen molar-refractivity contribution in [3.8, 4) is 5.75 Å². The average molecular weight is 368 g/mol. The molecule has 1 saturated heterocycles. The number of hydrogen-bond donors (Lipinski definition) is 1. The zero-order chi connectivity index (χ0) is 19.1. The van der Waals surface area contributed by atoms with E-state index in [0.29, 0.717) is 13.0 Å². The number of piperidine rings is 1. The van der Waals surface area contributed by atoms with E-state index in [4.69, 9.17) is 4.74 Å². The zero-order valence-electron chi connectivity index (χ0n) is 16.7. The van der Waals surface area contributed by atoms with Gasteiger partial charge in [0.05, 0.1) is 12.2 Å². The van der Waals surface area contributed by atoms with E-state index in [9.17, 15) is 5.11 Å². The van der Waals surface area contributed by atoms with Crippen LogP contribution >= 0.6 is 0 Å². The summed E-state index contributed by atoms with van der Waals surface area (Å²) in [7, 11) is 0. The maximum absolute atomic E-state index is 11.9. The van der Waals surface area contributed by atoms with Crippen molar-refractivity contribution < 1.29 is 9.84 Å². The minimum Gasteiger partial charge on any atom is -0.494 e. The summed E-state index contributed by atoms with van der Waals surface area (Å²) < 4.78 is 5.58. The van der Waals surface area contributed by atoms with E-state index < -0.39 is 5.60 Å². The molecule has 146 valence electrons. The molecule has 2 aromatic rings. The Labute approximate surface area is 164 Å². The van der Waals surface area contributed by atoms with E-state index in [1.54, 1.807) is 0 Å². The molecule has 2 atom stereocenters. The molecule has 3 heteroatoms. The van der Waals surface area contributed by atoms with Crippen molar-refractivity contribution in [2.45, 2.75) is 51.0 Å². The Hall–Kier alpha value is -1.84. The Kier molecular flexibility index (Phi) is 6.92. The van der Waals surface area contributed by atoms with Crippen LogP contribution < -0.4 is 4.74 Å². The highest BCUT2D eigenvalue weighted by Crippen LogP contribution is 2.41. The van der Waals surface area contributed by atoms with Gasteiger partial charge >= 0.3 is 0 Å². The molecule has 2 aromatic carbocycles. The minimum atomic E-state index is -0.899. The first kappa shape index (κ1) is 19.9. The first-order chi connectivity index (χ1) is 13.2. The van der Waals surface area contributed by atoms with Gasteiger partial charge in [0.2, 0.25) is 0 Å². The summed E-state index contributed by atoms with van der Waals surface area (Å²) in [5.74, 6) is 0.895. The third kappa shape index (κ3) is 4.72. The number of nitrogens with zero attached hydrogens (tertiary/aromatic N) is 1. The van der Waals surface area contributed by atoms with Crippen LogP contribution in [0.4, 0.5) is 0 Å². The van der Waals surface area contributed by atoms with Gasteiger partial charge in [-0.3, -0.25) is 0 Å². The zero-order valence-corrected chi connectivity index (χ0v) is 16.7. The molecule has 1 fully saturated rings.